The highest BCUT2D eigenvalue weighted by molar-refractivity contribution is 6.00. The topological polar surface area (TPSA) is 55.6 Å². The van der Waals surface area contributed by atoms with Crippen molar-refractivity contribution in [2.75, 3.05) is 11.4 Å². The van der Waals surface area contributed by atoms with Crippen molar-refractivity contribution in [3.8, 4) is 5.75 Å². The first-order chi connectivity index (χ1) is 10.6. The first-order valence-corrected chi connectivity index (χ1v) is 8.49. The molecule has 0 saturated heterocycles. The number of hydrogen-bond donors (Lipinski definition) is 1. The molecule has 0 bridgehead atoms. The molecule has 4 heteroatoms. The van der Waals surface area contributed by atoms with Crippen molar-refractivity contribution in [3.63, 3.8) is 0 Å². The molecular weight excluding hydrogens is 276 g/mol. The largest absolute Gasteiger partial charge is 0.478 e. The van der Waals surface area contributed by atoms with Gasteiger partial charge in [0.05, 0.1) is 5.69 Å². The zero-order valence-electron chi connectivity index (χ0n) is 14.0. The molecule has 2 N–H and O–H groups in total. The molecule has 1 aromatic carbocycles. The van der Waals surface area contributed by atoms with Crippen LogP contribution in [0, 0.1) is 0 Å². The summed E-state index contributed by atoms with van der Waals surface area (Å²) in [4.78, 5) is 14.4. The van der Waals surface area contributed by atoms with Crippen LogP contribution in [0.3, 0.4) is 0 Å². The van der Waals surface area contributed by atoms with Crippen LogP contribution in [0.15, 0.2) is 18.2 Å². The number of benzene rings is 1. The Morgan fingerprint density at radius 2 is 2.05 bits per heavy atom. The lowest BCUT2D eigenvalue weighted by Crippen LogP contribution is -2.46. The fraction of sp³-hybridized carbons (Fsp3) is 0.611. The van der Waals surface area contributed by atoms with Crippen LogP contribution in [0.2, 0.25) is 0 Å². The van der Waals surface area contributed by atoms with Gasteiger partial charge >= 0.3 is 0 Å². The fourth-order valence-electron chi connectivity index (χ4n) is 2.87. The zero-order chi connectivity index (χ0) is 16.1. The summed E-state index contributed by atoms with van der Waals surface area (Å²) in [5, 5.41) is 0. The summed E-state index contributed by atoms with van der Waals surface area (Å²) in [6.45, 7) is 6.95. The van der Waals surface area contributed by atoms with Gasteiger partial charge in [-0.25, -0.2) is 0 Å². The predicted octanol–water partition coefficient (Wildman–Crippen LogP) is 3.79. The van der Waals surface area contributed by atoms with E-state index in [1.807, 2.05) is 30.0 Å². The maximum absolute atomic E-state index is 12.5. The quantitative estimate of drug-likeness (QED) is 0.834. The number of ether oxygens (including phenoxy) is 1. The van der Waals surface area contributed by atoms with Crippen molar-refractivity contribution >= 4 is 11.6 Å². The fourth-order valence-corrected chi connectivity index (χ4v) is 2.87. The maximum atomic E-state index is 12.5. The third kappa shape index (κ3) is 3.43. The number of carbonyl (C=O) groups is 1. The summed E-state index contributed by atoms with van der Waals surface area (Å²) < 4.78 is 5.85. The third-order valence-electron chi connectivity index (χ3n) is 4.20. The van der Waals surface area contributed by atoms with Crippen molar-refractivity contribution in [1.29, 1.82) is 0 Å². The first-order valence-electron chi connectivity index (χ1n) is 8.49. The molecule has 122 valence electrons. The minimum atomic E-state index is -0.362. The van der Waals surface area contributed by atoms with E-state index in [4.69, 9.17) is 10.5 Å². The average molecular weight is 304 g/mol. The highest BCUT2D eigenvalue weighted by atomic mass is 16.5. The SMILES string of the molecule is CCCCC(N)c1ccc2c(c1)N(CCC)C(=O)C(CC)O2. The zero-order valence-corrected chi connectivity index (χ0v) is 14.0. The molecule has 2 atom stereocenters. The molecule has 4 nitrogen and oxygen atoms in total. The number of unbranched alkanes of at least 4 members (excludes halogenated alkanes) is 1. The lowest BCUT2D eigenvalue weighted by Gasteiger charge is -2.34. The highest BCUT2D eigenvalue weighted by Crippen LogP contribution is 2.37. The van der Waals surface area contributed by atoms with Crippen LogP contribution in [-0.4, -0.2) is 18.6 Å². The van der Waals surface area contributed by atoms with E-state index in [1.54, 1.807) is 0 Å². The van der Waals surface area contributed by atoms with Gasteiger partial charge in [0.1, 0.15) is 5.75 Å². The van der Waals surface area contributed by atoms with Crippen LogP contribution in [0.5, 0.6) is 5.75 Å². The van der Waals surface area contributed by atoms with Crippen LogP contribution in [0.25, 0.3) is 0 Å². The van der Waals surface area contributed by atoms with E-state index in [0.717, 1.165) is 49.2 Å². The van der Waals surface area contributed by atoms with Crippen LogP contribution in [0.4, 0.5) is 5.69 Å². The first kappa shape index (κ1) is 16.8. The van der Waals surface area contributed by atoms with Crippen molar-refractivity contribution in [1.82, 2.24) is 0 Å². The van der Waals surface area contributed by atoms with E-state index < -0.39 is 0 Å². The molecule has 1 heterocycles. The van der Waals surface area contributed by atoms with Gasteiger partial charge in [-0.15, -0.1) is 0 Å². The number of carbonyl (C=O) groups excluding carboxylic acids is 1. The molecule has 0 aromatic heterocycles. The molecule has 1 aliphatic heterocycles. The van der Waals surface area contributed by atoms with Crippen molar-refractivity contribution in [2.24, 2.45) is 5.73 Å². The van der Waals surface area contributed by atoms with E-state index in [2.05, 4.69) is 13.8 Å². The summed E-state index contributed by atoms with van der Waals surface area (Å²) in [6.07, 6.45) is 4.48. The molecule has 0 saturated carbocycles. The van der Waals surface area contributed by atoms with Gasteiger partial charge in [-0.2, -0.15) is 0 Å². The minimum Gasteiger partial charge on any atom is -0.478 e. The molecule has 1 aliphatic rings. The van der Waals surface area contributed by atoms with Crippen LogP contribution in [0.1, 0.15) is 64.5 Å². The molecule has 2 unspecified atom stereocenters. The van der Waals surface area contributed by atoms with E-state index in [0.29, 0.717) is 6.42 Å². The molecule has 22 heavy (non-hydrogen) atoms. The molecule has 1 amide bonds. The number of nitrogens with zero attached hydrogens (tertiary/aromatic N) is 1. The van der Waals surface area contributed by atoms with Gasteiger partial charge < -0.3 is 15.4 Å². The number of hydrogen-bond acceptors (Lipinski definition) is 3. The Kier molecular flexibility index (Phi) is 5.83. The van der Waals surface area contributed by atoms with E-state index >= 15 is 0 Å². The Morgan fingerprint density at radius 1 is 1.27 bits per heavy atom. The predicted molar refractivity (Wildman–Crippen MR) is 90.2 cm³/mol. The molecule has 1 aromatic rings. The number of amides is 1. The number of nitrogens with two attached hydrogens (primary N) is 1. The van der Waals surface area contributed by atoms with E-state index in [1.165, 1.54) is 0 Å². The second-order valence-corrected chi connectivity index (χ2v) is 5.98. The third-order valence-corrected chi connectivity index (χ3v) is 4.20. The van der Waals surface area contributed by atoms with Gasteiger partial charge in [-0.1, -0.05) is 39.7 Å². The monoisotopic (exact) mass is 304 g/mol. The Morgan fingerprint density at radius 3 is 2.68 bits per heavy atom. The summed E-state index contributed by atoms with van der Waals surface area (Å²) in [7, 11) is 0. The van der Waals surface area contributed by atoms with Crippen LogP contribution in [-0.2, 0) is 4.79 Å². The van der Waals surface area contributed by atoms with Crippen LogP contribution < -0.4 is 15.4 Å². The van der Waals surface area contributed by atoms with Gasteiger partial charge in [0.15, 0.2) is 6.10 Å². The Hall–Kier alpha value is -1.55. The molecular formula is C18H28N2O2. The smallest absolute Gasteiger partial charge is 0.268 e. The lowest BCUT2D eigenvalue weighted by molar-refractivity contribution is -0.126. The number of anilines is 1. The summed E-state index contributed by atoms with van der Waals surface area (Å²) in [5.41, 5.74) is 8.24. The van der Waals surface area contributed by atoms with Gasteiger partial charge in [-0.05, 0) is 37.0 Å². The normalized spacial score (nSPS) is 18.8. The molecule has 0 aliphatic carbocycles. The molecule has 0 spiro atoms. The standard InChI is InChI=1S/C18H28N2O2/c1-4-7-8-14(19)13-9-10-17-15(12-13)20(11-5-2)18(21)16(6-3)22-17/h9-10,12,14,16H,4-8,11,19H2,1-3H3. The minimum absolute atomic E-state index is 0.0210. The van der Waals surface area contributed by atoms with Gasteiger partial charge in [0.25, 0.3) is 5.91 Å². The summed E-state index contributed by atoms with van der Waals surface area (Å²) in [6, 6.07) is 6.06. The van der Waals surface area contributed by atoms with Gasteiger partial charge in [-0.3, -0.25) is 4.79 Å². The van der Waals surface area contributed by atoms with Gasteiger partial charge in [0.2, 0.25) is 0 Å². The van der Waals surface area contributed by atoms with Crippen LogP contribution >= 0.6 is 0 Å². The van der Waals surface area contributed by atoms with Crippen molar-refractivity contribution < 1.29 is 9.53 Å². The van der Waals surface area contributed by atoms with Gasteiger partial charge in [0, 0.05) is 12.6 Å². The maximum Gasteiger partial charge on any atom is 0.268 e. The number of rotatable bonds is 7. The Labute approximate surface area is 133 Å². The Balaban J connectivity index is 2.31. The lowest BCUT2D eigenvalue weighted by atomic mass is 10.00. The average Bonchev–Trinajstić information content (AvgIpc) is 2.54. The van der Waals surface area contributed by atoms with E-state index in [-0.39, 0.29) is 18.1 Å². The molecule has 2 rings (SSSR count). The summed E-state index contributed by atoms with van der Waals surface area (Å²) >= 11 is 0. The number of fused-ring (bicyclic) bond motifs is 1. The highest BCUT2D eigenvalue weighted by Gasteiger charge is 2.33. The van der Waals surface area contributed by atoms with Crippen molar-refractivity contribution in [3.05, 3.63) is 23.8 Å². The van der Waals surface area contributed by atoms with E-state index in [9.17, 15) is 4.79 Å². The molecule has 0 fully saturated rings. The summed E-state index contributed by atoms with van der Waals surface area (Å²) in [5.74, 6) is 0.863. The van der Waals surface area contributed by atoms with Crippen molar-refractivity contribution in [2.45, 2.75) is 65.0 Å². The molecule has 0 radical (unpaired) electrons. The Bertz CT molecular complexity index is 516. The second kappa shape index (κ2) is 7.63. The second-order valence-electron chi connectivity index (χ2n) is 5.98.